The zero-order valence-corrected chi connectivity index (χ0v) is 15.9. The number of nitrogens with one attached hydrogen (secondary N) is 1. The Balaban J connectivity index is 1.76. The van der Waals surface area contributed by atoms with E-state index in [2.05, 4.69) is 10.3 Å². The number of aromatic nitrogens is 1. The normalized spacial score (nSPS) is 17.1. The Kier molecular flexibility index (Phi) is 5.97. The number of nitrogens with two attached hydrogens (primary N) is 1. The Bertz CT molecular complexity index is 936. The van der Waals surface area contributed by atoms with Gasteiger partial charge in [-0.15, -0.1) is 0 Å². The van der Waals surface area contributed by atoms with Crippen LogP contribution in [0.25, 0.3) is 0 Å². The molecule has 1 atom stereocenters. The van der Waals surface area contributed by atoms with E-state index in [1.807, 2.05) is 0 Å². The number of hydrogen-bond acceptors (Lipinski definition) is 4. The maximum atomic E-state index is 13.3. The summed E-state index contributed by atoms with van der Waals surface area (Å²) in [6.07, 6.45) is -2.17. The summed E-state index contributed by atoms with van der Waals surface area (Å²) in [4.78, 5) is 29.4. The van der Waals surface area contributed by atoms with Crippen molar-refractivity contribution in [3.8, 4) is 0 Å². The summed E-state index contributed by atoms with van der Waals surface area (Å²) in [7, 11) is 0. The SMILES string of the molecule is NC(=O)c1cc(NC(=O)[C@@H]2CCCN(c3ncccc3C(F)(F)F)C2)ccc1Cl. The van der Waals surface area contributed by atoms with Crippen LogP contribution in [0.2, 0.25) is 5.02 Å². The molecule has 1 fully saturated rings. The maximum Gasteiger partial charge on any atom is 0.419 e. The molecule has 0 aliphatic carbocycles. The molecule has 3 N–H and O–H groups in total. The molecule has 1 aromatic heterocycles. The molecule has 2 heterocycles. The first-order chi connectivity index (χ1) is 13.7. The molecule has 2 aromatic rings. The number of alkyl halides is 3. The van der Waals surface area contributed by atoms with Crippen LogP contribution in [0.1, 0.15) is 28.8 Å². The predicted molar refractivity (Wildman–Crippen MR) is 103 cm³/mol. The second-order valence-electron chi connectivity index (χ2n) is 6.71. The lowest BCUT2D eigenvalue weighted by Gasteiger charge is -2.34. The van der Waals surface area contributed by atoms with Crippen LogP contribution in [0.4, 0.5) is 24.7 Å². The number of pyridine rings is 1. The highest BCUT2D eigenvalue weighted by molar-refractivity contribution is 6.34. The molecule has 1 aliphatic rings. The number of hydrogen-bond donors (Lipinski definition) is 2. The number of carbonyl (C=O) groups is 2. The largest absolute Gasteiger partial charge is 0.419 e. The number of primary amides is 1. The molecule has 0 unspecified atom stereocenters. The standard InChI is InChI=1S/C19H18ClF3N4O2/c20-15-6-5-12(9-13(15)16(24)28)26-18(29)11-3-2-8-27(10-11)17-14(19(21,22)23)4-1-7-25-17/h1,4-7,9,11H,2-3,8,10H2,(H2,24,28)(H,26,29)/t11-/m1/s1. The first-order valence-electron chi connectivity index (χ1n) is 8.84. The van der Waals surface area contributed by atoms with Crippen LogP contribution >= 0.6 is 11.6 Å². The van der Waals surface area contributed by atoms with Gasteiger partial charge in [-0.05, 0) is 43.2 Å². The first kappa shape index (κ1) is 20.9. The van der Waals surface area contributed by atoms with E-state index in [4.69, 9.17) is 17.3 Å². The summed E-state index contributed by atoms with van der Waals surface area (Å²) in [6.45, 7) is 0.471. The minimum atomic E-state index is -4.53. The smallest absolute Gasteiger partial charge is 0.366 e. The van der Waals surface area contributed by atoms with Gasteiger partial charge in [-0.2, -0.15) is 13.2 Å². The number of halogens is 4. The Morgan fingerprint density at radius 2 is 2.03 bits per heavy atom. The average molecular weight is 427 g/mol. The highest BCUT2D eigenvalue weighted by Gasteiger charge is 2.37. The summed E-state index contributed by atoms with van der Waals surface area (Å²) in [5, 5.41) is 2.84. The Hall–Kier alpha value is -2.81. The highest BCUT2D eigenvalue weighted by atomic mass is 35.5. The van der Waals surface area contributed by atoms with Crippen LogP contribution in [-0.4, -0.2) is 29.9 Å². The molecule has 29 heavy (non-hydrogen) atoms. The Labute approximate surface area is 169 Å². The second-order valence-corrected chi connectivity index (χ2v) is 7.11. The van der Waals surface area contributed by atoms with E-state index in [0.717, 1.165) is 6.07 Å². The summed E-state index contributed by atoms with van der Waals surface area (Å²) < 4.78 is 39.9. The lowest BCUT2D eigenvalue weighted by Crippen LogP contribution is -2.42. The van der Waals surface area contributed by atoms with E-state index in [-0.39, 0.29) is 28.9 Å². The number of anilines is 2. The number of nitrogens with zero attached hydrogens (tertiary/aromatic N) is 2. The number of carbonyl (C=O) groups excluding carboxylic acids is 2. The summed E-state index contributed by atoms with van der Waals surface area (Å²) in [5.74, 6) is -1.82. The summed E-state index contributed by atoms with van der Waals surface area (Å²) in [5.41, 5.74) is 4.82. The van der Waals surface area contributed by atoms with Gasteiger partial charge < -0.3 is 16.0 Å². The minimum absolute atomic E-state index is 0.0676. The molecule has 10 heteroatoms. The third-order valence-electron chi connectivity index (χ3n) is 4.68. The zero-order valence-electron chi connectivity index (χ0n) is 15.2. The third-order valence-corrected chi connectivity index (χ3v) is 5.01. The van der Waals surface area contributed by atoms with Gasteiger partial charge in [-0.1, -0.05) is 11.6 Å². The summed E-state index contributed by atoms with van der Waals surface area (Å²) >= 11 is 5.90. The van der Waals surface area contributed by atoms with Crippen LogP contribution < -0.4 is 16.0 Å². The van der Waals surface area contributed by atoms with Gasteiger partial charge in [0.1, 0.15) is 5.82 Å². The number of rotatable bonds is 4. The van der Waals surface area contributed by atoms with E-state index in [1.54, 1.807) is 0 Å². The Morgan fingerprint density at radius 1 is 1.28 bits per heavy atom. The molecule has 0 spiro atoms. The van der Waals surface area contributed by atoms with Gasteiger partial charge in [0.2, 0.25) is 11.8 Å². The molecule has 3 rings (SSSR count). The van der Waals surface area contributed by atoms with Crippen molar-refractivity contribution in [1.82, 2.24) is 4.98 Å². The first-order valence-corrected chi connectivity index (χ1v) is 9.22. The van der Waals surface area contributed by atoms with E-state index < -0.39 is 23.6 Å². The van der Waals surface area contributed by atoms with E-state index in [0.29, 0.717) is 25.1 Å². The number of piperidine rings is 1. The fourth-order valence-corrected chi connectivity index (χ4v) is 3.50. The monoisotopic (exact) mass is 426 g/mol. The van der Waals surface area contributed by atoms with Gasteiger partial charge >= 0.3 is 6.18 Å². The van der Waals surface area contributed by atoms with Gasteiger partial charge in [-0.25, -0.2) is 4.98 Å². The van der Waals surface area contributed by atoms with Gasteiger partial charge in [0, 0.05) is 25.0 Å². The number of amides is 2. The zero-order chi connectivity index (χ0) is 21.2. The van der Waals surface area contributed by atoms with Crippen molar-refractivity contribution in [3.05, 3.63) is 52.7 Å². The van der Waals surface area contributed by atoms with Gasteiger partial charge in [0.15, 0.2) is 0 Å². The lowest BCUT2D eigenvalue weighted by atomic mass is 9.96. The quantitative estimate of drug-likeness (QED) is 0.780. The van der Waals surface area contributed by atoms with Crippen molar-refractivity contribution < 1.29 is 22.8 Å². The van der Waals surface area contributed by atoms with E-state index >= 15 is 0 Å². The average Bonchev–Trinajstić information content (AvgIpc) is 2.68. The van der Waals surface area contributed by atoms with Crippen molar-refractivity contribution in [3.63, 3.8) is 0 Å². The highest BCUT2D eigenvalue weighted by Crippen LogP contribution is 2.36. The lowest BCUT2D eigenvalue weighted by molar-refractivity contribution is -0.137. The van der Waals surface area contributed by atoms with E-state index in [9.17, 15) is 22.8 Å². The van der Waals surface area contributed by atoms with Gasteiger partial charge in [0.25, 0.3) is 0 Å². The Morgan fingerprint density at radius 3 is 2.72 bits per heavy atom. The van der Waals surface area contributed by atoms with Crippen molar-refractivity contribution in [2.45, 2.75) is 19.0 Å². The predicted octanol–water partition coefficient (Wildman–Crippen LogP) is 3.71. The second kappa shape index (κ2) is 8.28. The summed E-state index contributed by atoms with van der Waals surface area (Å²) in [6, 6.07) is 6.54. The van der Waals surface area contributed by atoms with Crippen molar-refractivity contribution >= 4 is 34.9 Å². The van der Waals surface area contributed by atoms with Crippen molar-refractivity contribution in [2.75, 3.05) is 23.3 Å². The third kappa shape index (κ3) is 4.79. The molecule has 2 amide bonds. The molecular weight excluding hydrogens is 409 g/mol. The van der Waals surface area contributed by atoms with Crippen LogP contribution in [-0.2, 0) is 11.0 Å². The van der Waals surface area contributed by atoms with Crippen molar-refractivity contribution in [1.29, 1.82) is 0 Å². The molecule has 154 valence electrons. The van der Waals surface area contributed by atoms with Crippen molar-refractivity contribution in [2.24, 2.45) is 11.7 Å². The molecule has 0 saturated carbocycles. The van der Waals surface area contributed by atoms with Gasteiger partial charge in [-0.3, -0.25) is 9.59 Å². The minimum Gasteiger partial charge on any atom is -0.366 e. The maximum absolute atomic E-state index is 13.3. The molecule has 0 bridgehead atoms. The van der Waals surface area contributed by atoms with Crippen LogP contribution in [0.5, 0.6) is 0 Å². The fourth-order valence-electron chi connectivity index (χ4n) is 3.29. The molecule has 1 saturated heterocycles. The van der Waals surface area contributed by atoms with Crippen LogP contribution in [0, 0.1) is 5.92 Å². The molecule has 0 radical (unpaired) electrons. The molecule has 1 aromatic carbocycles. The van der Waals surface area contributed by atoms with Gasteiger partial charge in [0.05, 0.1) is 22.1 Å². The fraction of sp³-hybridized carbons (Fsp3) is 0.316. The molecular formula is C19H18ClF3N4O2. The van der Waals surface area contributed by atoms with E-state index in [1.165, 1.54) is 35.4 Å². The molecule has 1 aliphatic heterocycles. The molecule has 6 nitrogen and oxygen atoms in total. The topological polar surface area (TPSA) is 88.3 Å². The van der Waals surface area contributed by atoms with Crippen LogP contribution in [0.3, 0.4) is 0 Å². The van der Waals surface area contributed by atoms with Crippen LogP contribution in [0.15, 0.2) is 36.5 Å². The number of benzene rings is 1.